The number of hydrogen-bond donors (Lipinski definition) is 1. The van der Waals surface area contributed by atoms with Gasteiger partial charge >= 0.3 is 5.97 Å². The Balaban J connectivity index is 1.63. The third-order valence-electron chi connectivity index (χ3n) is 5.41. The molecule has 2 aromatic carbocycles. The van der Waals surface area contributed by atoms with Crippen molar-refractivity contribution in [1.29, 1.82) is 0 Å². The molecule has 1 atom stereocenters. The maximum Gasteiger partial charge on any atom is 0.338 e. The van der Waals surface area contributed by atoms with Crippen molar-refractivity contribution in [2.24, 2.45) is 0 Å². The van der Waals surface area contributed by atoms with Crippen LogP contribution in [0.5, 0.6) is 5.75 Å². The summed E-state index contributed by atoms with van der Waals surface area (Å²) >= 11 is 1.56. The highest BCUT2D eigenvalue weighted by Crippen LogP contribution is 2.37. The number of thioether (sulfide) groups is 1. The first-order valence-electron chi connectivity index (χ1n) is 11.0. The Morgan fingerprint density at radius 3 is 2.61 bits per heavy atom. The van der Waals surface area contributed by atoms with E-state index in [0.29, 0.717) is 29.0 Å². The van der Waals surface area contributed by atoms with Crippen molar-refractivity contribution in [2.75, 3.05) is 19.0 Å². The van der Waals surface area contributed by atoms with E-state index in [9.17, 15) is 4.79 Å². The van der Waals surface area contributed by atoms with Crippen LogP contribution in [0.4, 0.5) is 5.95 Å². The number of unbranched alkanes of at least 4 members (excludes halogenated alkanes) is 1. The molecule has 4 rings (SSSR count). The average molecular weight is 465 g/mol. The third kappa shape index (κ3) is 5.22. The van der Waals surface area contributed by atoms with Gasteiger partial charge in [0, 0.05) is 11.4 Å². The van der Waals surface area contributed by atoms with Crippen LogP contribution in [0.1, 0.15) is 43.9 Å². The number of nitrogens with zero attached hydrogens (tertiary/aromatic N) is 3. The molecule has 8 heteroatoms. The number of hydrogen-bond acceptors (Lipinski definition) is 7. The predicted octanol–water partition coefficient (Wildman–Crippen LogP) is 5.21. The summed E-state index contributed by atoms with van der Waals surface area (Å²) in [6, 6.07) is 17.5. The van der Waals surface area contributed by atoms with Crippen molar-refractivity contribution in [3.63, 3.8) is 0 Å². The van der Waals surface area contributed by atoms with Crippen LogP contribution >= 0.6 is 11.8 Å². The third-order valence-corrected chi connectivity index (χ3v) is 6.32. The highest BCUT2D eigenvalue weighted by atomic mass is 32.2. The zero-order valence-electron chi connectivity index (χ0n) is 19.1. The second-order valence-corrected chi connectivity index (χ2v) is 8.71. The van der Waals surface area contributed by atoms with E-state index in [1.54, 1.807) is 16.4 Å². The van der Waals surface area contributed by atoms with E-state index in [4.69, 9.17) is 14.6 Å². The summed E-state index contributed by atoms with van der Waals surface area (Å²) in [6.07, 6.45) is 2.09. The fraction of sp³-hybridized carbons (Fsp3) is 0.320. The van der Waals surface area contributed by atoms with Crippen LogP contribution in [0, 0.1) is 0 Å². The summed E-state index contributed by atoms with van der Waals surface area (Å²) in [5, 5.41) is 8.60. The quantitative estimate of drug-likeness (QED) is 0.264. The van der Waals surface area contributed by atoms with E-state index in [-0.39, 0.29) is 0 Å². The molecule has 1 aliphatic rings. The number of fused-ring (bicyclic) bond motifs is 1. The maximum absolute atomic E-state index is 12.7. The Kier molecular flexibility index (Phi) is 7.34. The Bertz CT molecular complexity index is 1130. The lowest BCUT2D eigenvalue weighted by molar-refractivity contribution is -0.136. The molecule has 0 saturated heterocycles. The minimum Gasteiger partial charge on any atom is -0.494 e. The van der Waals surface area contributed by atoms with Crippen LogP contribution in [0.3, 0.4) is 0 Å². The number of nitrogens with one attached hydrogen (secondary N) is 1. The topological polar surface area (TPSA) is 78.3 Å². The van der Waals surface area contributed by atoms with Gasteiger partial charge in [-0.3, -0.25) is 0 Å². The molecule has 7 nitrogen and oxygen atoms in total. The summed E-state index contributed by atoms with van der Waals surface area (Å²) in [7, 11) is 1.39. The van der Waals surface area contributed by atoms with Crippen LogP contribution in [0.25, 0.3) is 0 Å². The van der Waals surface area contributed by atoms with Crippen molar-refractivity contribution in [3.05, 3.63) is 77.0 Å². The molecular formula is C25H28N4O3S. The van der Waals surface area contributed by atoms with Gasteiger partial charge in [0.25, 0.3) is 0 Å². The number of rotatable bonds is 9. The summed E-state index contributed by atoms with van der Waals surface area (Å²) in [4.78, 5) is 17.4. The maximum atomic E-state index is 12.7. The van der Waals surface area contributed by atoms with Gasteiger partial charge in [0.2, 0.25) is 11.1 Å². The standard InChI is InChI=1S/C25H28N4O3S/c1-4-5-15-32-20-13-11-19(12-14-20)22-21(23(30)31-3)17(2)26-24-27-25(28-29(22)24)33-16-18-9-7-6-8-10-18/h6-14,22H,4-5,15-16H2,1-3H3,(H,26,27,28). The number of carbonyl (C=O) groups excluding carboxylic acids is 1. The van der Waals surface area contributed by atoms with Gasteiger partial charge in [0.15, 0.2) is 0 Å². The molecule has 33 heavy (non-hydrogen) atoms. The first-order valence-corrected chi connectivity index (χ1v) is 12.0. The van der Waals surface area contributed by atoms with E-state index in [2.05, 4.69) is 29.4 Å². The van der Waals surface area contributed by atoms with Crippen molar-refractivity contribution in [2.45, 2.75) is 43.6 Å². The van der Waals surface area contributed by atoms with Crippen LogP contribution < -0.4 is 10.1 Å². The first-order chi connectivity index (χ1) is 16.1. The molecule has 0 aliphatic carbocycles. The van der Waals surface area contributed by atoms with Gasteiger partial charge in [0.1, 0.15) is 11.8 Å². The predicted molar refractivity (Wildman–Crippen MR) is 129 cm³/mol. The SMILES string of the molecule is CCCCOc1ccc(C2C(C(=O)OC)=C(C)Nc3nc(SCc4ccccc4)nn32)cc1. The van der Waals surface area contributed by atoms with Crippen molar-refractivity contribution in [3.8, 4) is 5.75 Å². The largest absolute Gasteiger partial charge is 0.494 e. The second kappa shape index (κ2) is 10.6. The number of allylic oxidation sites excluding steroid dienone is 1. The minimum atomic E-state index is -0.447. The van der Waals surface area contributed by atoms with E-state index >= 15 is 0 Å². The molecule has 1 aliphatic heterocycles. The van der Waals surface area contributed by atoms with Crippen LogP contribution in [-0.4, -0.2) is 34.5 Å². The zero-order valence-corrected chi connectivity index (χ0v) is 19.9. The van der Waals surface area contributed by atoms with Gasteiger partial charge in [0.05, 0.1) is 19.3 Å². The Hall–Kier alpha value is -3.26. The van der Waals surface area contributed by atoms with Crippen molar-refractivity contribution < 1.29 is 14.3 Å². The lowest BCUT2D eigenvalue weighted by atomic mass is 9.96. The minimum absolute atomic E-state index is 0.395. The molecule has 0 bridgehead atoms. The van der Waals surface area contributed by atoms with E-state index in [1.807, 2.05) is 49.4 Å². The first kappa shape index (κ1) is 22.9. The van der Waals surface area contributed by atoms with E-state index in [0.717, 1.165) is 29.9 Å². The van der Waals surface area contributed by atoms with Crippen molar-refractivity contribution >= 4 is 23.7 Å². The average Bonchev–Trinajstić information content (AvgIpc) is 3.25. The summed E-state index contributed by atoms with van der Waals surface area (Å²) < 4.78 is 12.7. The van der Waals surface area contributed by atoms with Gasteiger partial charge < -0.3 is 14.8 Å². The summed E-state index contributed by atoms with van der Waals surface area (Å²) in [6.45, 7) is 4.68. The molecule has 0 amide bonds. The normalized spacial score (nSPS) is 15.1. The number of carbonyl (C=O) groups is 1. The lowest BCUT2D eigenvalue weighted by Crippen LogP contribution is -2.29. The molecular weight excluding hydrogens is 436 g/mol. The molecule has 0 fully saturated rings. The highest BCUT2D eigenvalue weighted by molar-refractivity contribution is 7.98. The Labute approximate surface area is 198 Å². The number of esters is 1. The Morgan fingerprint density at radius 1 is 1.15 bits per heavy atom. The number of anilines is 1. The summed E-state index contributed by atoms with van der Waals surface area (Å²) in [5.74, 6) is 1.77. The molecule has 2 heterocycles. The molecule has 0 spiro atoms. The molecule has 3 aromatic rings. The van der Waals surface area contributed by atoms with Crippen molar-refractivity contribution in [1.82, 2.24) is 14.8 Å². The van der Waals surface area contributed by atoms with E-state index in [1.165, 1.54) is 12.7 Å². The molecule has 0 radical (unpaired) electrons. The van der Waals surface area contributed by atoms with Gasteiger partial charge in [-0.05, 0) is 36.6 Å². The number of aromatic nitrogens is 3. The van der Waals surface area contributed by atoms with Crippen LogP contribution in [-0.2, 0) is 15.3 Å². The zero-order chi connectivity index (χ0) is 23.2. The molecule has 1 N–H and O–H groups in total. The van der Waals surface area contributed by atoms with Gasteiger partial charge in [-0.1, -0.05) is 67.6 Å². The fourth-order valence-electron chi connectivity index (χ4n) is 3.68. The van der Waals surface area contributed by atoms with Crippen LogP contribution in [0.15, 0.2) is 71.0 Å². The molecule has 172 valence electrons. The lowest BCUT2D eigenvalue weighted by Gasteiger charge is -2.27. The molecule has 0 saturated carbocycles. The molecule has 1 unspecified atom stereocenters. The highest BCUT2D eigenvalue weighted by Gasteiger charge is 2.35. The number of benzene rings is 2. The van der Waals surface area contributed by atoms with E-state index < -0.39 is 12.0 Å². The van der Waals surface area contributed by atoms with Gasteiger partial charge in [-0.2, -0.15) is 4.98 Å². The molecule has 1 aromatic heterocycles. The summed E-state index contributed by atoms with van der Waals surface area (Å²) in [5.41, 5.74) is 3.32. The monoisotopic (exact) mass is 464 g/mol. The Morgan fingerprint density at radius 2 is 1.91 bits per heavy atom. The fourth-order valence-corrected chi connectivity index (χ4v) is 4.46. The van der Waals surface area contributed by atoms with Crippen LogP contribution in [0.2, 0.25) is 0 Å². The smallest absolute Gasteiger partial charge is 0.338 e. The van der Waals surface area contributed by atoms with Gasteiger partial charge in [-0.15, -0.1) is 5.10 Å². The van der Waals surface area contributed by atoms with Gasteiger partial charge in [-0.25, -0.2) is 9.48 Å². The second-order valence-electron chi connectivity index (χ2n) is 7.77. The number of methoxy groups -OCH3 is 1. The number of ether oxygens (including phenoxy) is 2.